The summed E-state index contributed by atoms with van der Waals surface area (Å²) in [6.45, 7) is 2.56. The number of hydrogen-bond acceptors (Lipinski definition) is 3. The van der Waals surface area contributed by atoms with Gasteiger partial charge < -0.3 is 4.90 Å². The summed E-state index contributed by atoms with van der Waals surface area (Å²) >= 11 is 5.64. The lowest BCUT2D eigenvalue weighted by molar-refractivity contribution is 0.0778. The Labute approximate surface area is 117 Å². The first kappa shape index (κ1) is 13.5. The molecule has 1 aromatic heterocycles. The highest BCUT2D eigenvalue weighted by Crippen LogP contribution is 2.09. The van der Waals surface area contributed by atoms with Crippen LogP contribution in [0.1, 0.15) is 21.6 Å². The highest BCUT2D eigenvalue weighted by molar-refractivity contribution is 6.29. The summed E-state index contributed by atoms with van der Waals surface area (Å²) < 4.78 is 0. The first-order chi connectivity index (χ1) is 9.06. The van der Waals surface area contributed by atoms with E-state index in [1.807, 2.05) is 31.2 Å². The lowest BCUT2D eigenvalue weighted by Crippen LogP contribution is -2.27. The minimum Gasteiger partial charge on any atom is -0.336 e. The molecule has 0 saturated carbocycles. The Hall–Kier alpha value is -1.94. The summed E-state index contributed by atoms with van der Waals surface area (Å²) in [4.78, 5) is 13.7. The molecule has 0 spiro atoms. The van der Waals surface area contributed by atoms with E-state index >= 15 is 0 Å². The van der Waals surface area contributed by atoms with Crippen LogP contribution >= 0.6 is 11.6 Å². The molecular formula is C14H14ClN3O. The van der Waals surface area contributed by atoms with Gasteiger partial charge in [0, 0.05) is 13.6 Å². The van der Waals surface area contributed by atoms with Crippen molar-refractivity contribution >= 4 is 17.5 Å². The molecular weight excluding hydrogens is 262 g/mol. The molecule has 0 fully saturated rings. The molecule has 0 aliphatic heterocycles. The number of carbonyl (C=O) groups is 1. The molecule has 2 aromatic rings. The fraction of sp³-hybridized carbons (Fsp3) is 0.214. The monoisotopic (exact) mass is 275 g/mol. The molecule has 0 aliphatic carbocycles. The first-order valence-electron chi connectivity index (χ1n) is 5.86. The second-order valence-electron chi connectivity index (χ2n) is 4.39. The lowest BCUT2D eigenvalue weighted by atomic mass is 10.1. The van der Waals surface area contributed by atoms with Gasteiger partial charge in [-0.2, -0.15) is 0 Å². The predicted octanol–water partition coefficient (Wildman–Crippen LogP) is 2.71. The van der Waals surface area contributed by atoms with Crippen molar-refractivity contribution in [3.63, 3.8) is 0 Å². The number of benzene rings is 1. The Morgan fingerprint density at radius 1 is 1.16 bits per heavy atom. The van der Waals surface area contributed by atoms with Crippen molar-refractivity contribution in [2.45, 2.75) is 13.5 Å². The van der Waals surface area contributed by atoms with Gasteiger partial charge in [0.1, 0.15) is 0 Å². The molecule has 0 saturated heterocycles. The van der Waals surface area contributed by atoms with E-state index < -0.39 is 0 Å². The van der Waals surface area contributed by atoms with Gasteiger partial charge in [0.2, 0.25) is 0 Å². The topological polar surface area (TPSA) is 46.1 Å². The number of rotatable bonds is 3. The Morgan fingerprint density at radius 3 is 2.42 bits per heavy atom. The number of halogens is 1. The van der Waals surface area contributed by atoms with Crippen molar-refractivity contribution in [1.29, 1.82) is 0 Å². The van der Waals surface area contributed by atoms with Crippen LogP contribution in [0.4, 0.5) is 0 Å². The largest absolute Gasteiger partial charge is 0.336 e. The fourth-order valence-electron chi connectivity index (χ4n) is 1.66. The van der Waals surface area contributed by atoms with Gasteiger partial charge in [-0.25, -0.2) is 0 Å². The highest BCUT2D eigenvalue weighted by atomic mass is 35.5. The van der Waals surface area contributed by atoms with Crippen molar-refractivity contribution in [3.05, 3.63) is 58.4 Å². The molecule has 5 heteroatoms. The summed E-state index contributed by atoms with van der Waals surface area (Å²) in [6.07, 6.45) is 0. The molecule has 1 amide bonds. The summed E-state index contributed by atoms with van der Waals surface area (Å²) in [7, 11) is 1.73. The van der Waals surface area contributed by atoms with Crippen LogP contribution in [-0.4, -0.2) is 28.1 Å². The zero-order valence-corrected chi connectivity index (χ0v) is 11.6. The van der Waals surface area contributed by atoms with Gasteiger partial charge in [-0.1, -0.05) is 41.4 Å². The van der Waals surface area contributed by atoms with E-state index in [1.54, 1.807) is 24.1 Å². The molecule has 0 aliphatic rings. The molecule has 0 atom stereocenters. The van der Waals surface area contributed by atoms with Gasteiger partial charge in [-0.15, -0.1) is 10.2 Å². The normalized spacial score (nSPS) is 10.3. The predicted molar refractivity (Wildman–Crippen MR) is 74.0 cm³/mol. The summed E-state index contributed by atoms with van der Waals surface area (Å²) in [5, 5.41) is 7.73. The third kappa shape index (κ3) is 3.51. The first-order valence-corrected chi connectivity index (χ1v) is 6.24. The van der Waals surface area contributed by atoms with Crippen molar-refractivity contribution in [2.75, 3.05) is 7.05 Å². The summed E-state index contributed by atoms with van der Waals surface area (Å²) in [6, 6.07) is 11.2. The van der Waals surface area contributed by atoms with Crippen LogP contribution in [0, 0.1) is 6.92 Å². The number of hydrogen-bond donors (Lipinski definition) is 0. The van der Waals surface area contributed by atoms with Crippen LogP contribution in [0.5, 0.6) is 0 Å². The molecule has 4 nitrogen and oxygen atoms in total. The maximum absolute atomic E-state index is 12.1. The molecule has 1 heterocycles. The zero-order chi connectivity index (χ0) is 13.8. The van der Waals surface area contributed by atoms with Gasteiger partial charge in [-0.3, -0.25) is 4.79 Å². The van der Waals surface area contributed by atoms with E-state index in [-0.39, 0.29) is 11.1 Å². The molecule has 1 aromatic carbocycles. The number of aromatic nitrogens is 2. The molecule has 98 valence electrons. The van der Waals surface area contributed by atoms with E-state index in [2.05, 4.69) is 10.2 Å². The lowest BCUT2D eigenvalue weighted by Gasteiger charge is -2.16. The van der Waals surface area contributed by atoms with Gasteiger partial charge in [-0.05, 0) is 24.6 Å². The quantitative estimate of drug-likeness (QED) is 0.865. The smallest absolute Gasteiger partial charge is 0.274 e. The Kier molecular flexibility index (Phi) is 4.12. The van der Waals surface area contributed by atoms with Crippen LogP contribution < -0.4 is 0 Å². The number of amides is 1. The minimum absolute atomic E-state index is 0.176. The summed E-state index contributed by atoms with van der Waals surface area (Å²) in [5.74, 6) is -0.176. The van der Waals surface area contributed by atoms with Gasteiger partial charge in [0.15, 0.2) is 10.8 Å². The molecule has 0 bridgehead atoms. The van der Waals surface area contributed by atoms with Crippen LogP contribution in [0.2, 0.25) is 5.15 Å². The minimum atomic E-state index is -0.176. The van der Waals surface area contributed by atoms with Crippen molar-refractivity contribution < 1.29 is 4.79 Å². The number of carbonyl (C=O) groups excluding carboxylic acids is 1. The van der Waals surface area contributed by atoms with E-state index in [0.717, 1.165) is 5.56 Å². The zero-order valence-electron chi connectivity index (χ0n) is 10.8. The average Bonchev–Trinajstić information content (AvgIpc) is 2.41. The van der Waals surface area contributed by atoms with Crippen LogP contribution in [0.15, 0.2) is 36.4 Å². The van der Waals surface area contributed by atoms with E-state index in [0.29, 0.717) is 12.2 Å². The fourth-order valence-corrected chi connectivity index (χ4v) is 1.77. The number of nitrogens with zero attached hydrogens (tertiary/aromatic N) is 3. The Balaban J connectivity index is 2.07. The van der Waals surface area contributed by atoms with Crippen molar-refractivity contribution in [2.24, 2.45) is 0 Å². The standard InChI is InChI=1S/C14H14ClN3O/c1-10-3-5-11(6-4-10)9-18(2)14(19)12-7-8-13(15)17-16-12/h3-8H,9H2,1-2H3. The molecule has 2 rings (SSSR count). The van der Waals surface area contributed by atoms with Crippen molar-refractivity contribution in [1.82, 2.24) is 15.1 Å². The Bertz CT molecular complexity index is 566. The van der Waals surface area contributed by atoms with Crippen molar-refractivity contribution in [3.8, 4) is 0 Å². The van der Waals surface area contributed by atoms with Gasteiger partial charge >= 0.3 is 0 Å². The summed E-state index contributed by atoms with van der Waals surface area (Å²) in [5.41, 5.74) is 2.56. The van der Waals surface area contributed by atoms with E-state index in [1.165, 1.54) is 5.56 Å². The van der Waals surface area contributed by atoms with E-state index in [9.17, 15) is 4.79 Å². The highest BCUT2D eigenvalue weighted by Gasteiger charge is 2.13. The maximum Gasteiger partial charge on any atom is 0.274 e. The second kappa shape index (κ2) is 5.80. The van der Waals surface area contributed by atoms with Gasteiger partial charge in [0.25, 0.3) is 5.91 Å². The van der Waals surface area contributed by atoms with Gasteiger partial charge in [0.05, 0.1) is 0 Å². The van der Waals surface area contributed by atoms with E-state index in [4.69, 9.17) is 11.6 Å². The molecule has 0 radical (unpaired) electrons. The SMILES string of the molecule is Cc1ccc(CN(C)C(=O)c2ccc(Cl)nn2)cc1. The molecule has 19 heavy (non-hydrogen) atoms. The Morgan fingerprint density at radius 2 is 1.84 bits per heavy atom. The van der Waals surface area contributed by atoms with Crippen LogP contribution in [0.3, 0.4) is 0 Å². The third-order valence-corrected chi connectivity index (χ3v) is 2.94. The molecule has 0 unspecified atom stereocenters. The average molecular weight is 276 g/mol. The maximum atomic E-state index is 12.1. The third-order valence-electron chi connectivity index (χ3n) is 2.74. The number of aryl methyl sites for hydroxylation is 1. The molecule has 0 N–H and O–H groups in total. The van der Waals surface area contributed by atoms with Crippen LogP contribution in [-0.2, 0) is 6.54 Å². The second-order valence-corrected chi connectivity index (χ2v) is 4.78. The van der Waals surface area contributed by atoms with Crippen LogP contribution in [0.25, 0.3) is 0 Å².